The Kier molecular flexibility index (Phi) is 5.19. The lowest BCUT2D eigenvalue weighted by Gasteiger charge is -2.17. The van der Waals surface area contributed by atoms with E-state index in [1.807, 2.05) is 13.0 Å². The maximum Gasteiger partial charge on any atom is 0.573 e. The molecule has 0 amide bonds. The van der Waals surface area contributed by atoms with Crippen molar-refractivity contribution in [2.24, 2.45) is 5.92 Å². The molecule has 0 radical (unpaired) electrons. The predicted molar refractivity (Wildman–Crippen MR) is 62.1 cm³/mol. The maximum absolute atomic E-state index is 12.1. The van der Waals surface area contributed by atoms with Crippen LogP contribution in [-0.4, -0.2) is 11.5 Å². The lowest BCUT2D eigenvalue weighted by atomic mass is 9.93. The fourth-order valence-electron chi connectivity index (χ4n) is 1.73. The largest absolute Gasteiger partial charge is 0.573 e. The number of halogens is 3. The summed E-state index contributed by atoms with van der Waals surface area (Å²) in [5, 5.41) is 18.9. The first-order valence-corrected chi connectivity index (χ1v) is 5.80. The average molecular weight is 273 g/mol. The van der Waals surface area contributed by atoms with Crippen molar-refractivity contribution < 1.29 is 23.0 Å². The second kappa shape index (κ2) is 6.43. The second-order valence-corrected chi connectivity index (χ2v) is 4.09. The number of hydrogen-bond donors (Lipinski definition) is 1. The topological polar surface area (TPSA) is 53.2 Å². The number of nitrogens with zero attached hydrogens (tertiary/aromatic N) is 1. The number of alkyl halides is 3. The molecule has 0 saturated carbocycles. The van der Waals surface area contributed by atoms with E-state index in [2.05, 4.69) is 4.74 Å². The number of aliphatic hydroxyl groups excluding tert-OH is 1. The molecule has 0 saturated heterocycles. The molecule has 19 heavy (non-hydrogen) atoms. The van der Waals surface area contributed by atoms with Crippen LogP contribution < -0.4 is 4.74 Å². The minimum Gasteiger partial charge on any atom is -0.406 e. The van der Waals surface area contributed by atoms with Gasteiger partial charge in [0, 0.05) is 0 Å². The smallest absolute Gasteiger partial charge is 0.406 e. The van der Waals surface area contributed by atoms with Crippen LogP contribution in [0.1, 0.15) is 31.4 Å². The molecule has 1 aromatic carbocycles. The van der Waals surface area contributed by atoms with E-state index in [4.69, 9.17) is 5.26 Å². The SMILES string of the molecule is CCCC(C#N)C(O)c1cccc(OC(F)(F)F)c1. The number of nitriles is 1. The molecule has 1 aromatic rings. The van der Waals surface area contributed by atoms with Crippen LogP contribution in [0.3, 0.4) is 0 Å². The third-order valence-corrected chi connectivity index (χ3v) is 2.58. The van der Waals surface area contributed by atoms with Gasteiger partial charge >= 0.3 is 6.36 Å². The average Bonchev–Trinajstić information content (AvgIpc) is 2.33. The summed E-state index contributed by atoms with van der Waals surface area (Å²) in [5.74, 6) is -1.05. The molecular formula is C13H14F3NO2. The summed E-state index contributed by atoms with van der Waals surface area (Å²) in [6.45, 7) is 1.86. The molecule has 1 rings (SSSR count). The zero-order chi connectivity index (χ0) is 14.5. The standard InChI is InChI=1S/C13H14F3NO2/c1-2-4-10(8-17)12(18)9-5-3-6-11(7-9)19-13(14,15)16/h3,5-7,10,12,18H,2,4H2,1H3. The Hall–Kier alpha value is -1.74. The molecule has 2 atom stereocenters. The van der Waals surface area contributed by atoms with Crippen LogP contribution >= 0.6 is 0 Å². The first-order valence-electron chi connectivity index (χ1n) is 5.80. The van der Waals surface area contributed by atoms with E-state index in [9.17, 15) is 18.3 Å². The molecule has 6 heteroatoms. The van der Waals surface area contributed by atoms with Crippen molar-refractivity contribution >= 4 is 0 Å². The van der Waals surface area contributed by atoms with Gasteiger partial charge in [-0.05, 0) is 24.1 Å². The fourth-order valence-corrected chi connectivity index (χ4v) is 1.73. The van der Waals surface area contributed by atoms with Crippen molar-refractivity contribution in [2.75, 3.05) is 0 Å². The van der Waals surface area contributed by atoms with Crippen LogP contribution in [0, 0.1) is 17.2 Å². The summed E-state index contributed by atoms with van der Waals surface area (Å²) in [7, 11) is 0. The summed E-state index contributed by atoms with van der Waals surface area (Å²) >= 11 is 0. The monoisotopic (exact) mass is 273 g/mol. The van der Waals surface area contributed by atoms with E-state index >= 15 is 0 Å². The van der Waals surface area contributed by atoms with Crippen LogP contribution in [0.5, 0.6) is 5.75 Å². The van der Waals surface area contributed by atoms with Gasteiger partial charge in [-0.1, -0.05) is 25.5 Å². The number of ether oxygens (including phenoxy) is 1. The van der Waals surface area contributed by atoms with E-state index in [1.54, 1.807) is 0 Å². The first kappa shape index (κ1) is 15.3. The first-order chi connectivity index (χ1) is 8.87. The molecule has 0 aromatic heterocycles. The Labute approximate surface area is 109 Å². The summed E-state index contributed by atoms with van der Waals surface area (Å²) in [5.41, 5.74) is 0.238. The summed E-state index contributed by atoms with van der Waals surface area (Å²) in [4.78, 5) is 0. The number of aliphatic hydroxyl groups is 1. The van der Waals surface area contributed by atoms with Crippen molar-refractivity contribution in [3.63, 3.8) is 0 Å². The van der Waals surface area contributed by atoms with Crippen molar-refractivity contribution in [3.8, 4) is 11.8 Å². The van der Waals surface area contributed by atoms with E-state index in [-0.39, 0.29) is 5.56 Å². The van der Waals surface area contributed by atoms with Gasteiger partial charge in [0.05, 0.1) is 18.1 Å². The number of hydrogen-bond acceptors (Lipinski definition) is 3. The number of rotatable bonds is 5. The maximum atomic E-state index is 12.1. The third kappa shape index (κ3) is 4.79. The molecule has 0 fully saturated rings. The third-order valence-electron chi connectivity index (χ3n) is 2.58. The highest BCUT2D eigenvalue weighted by Crippen LogP contribution is 2.29. The molecule has 3 nitrogen and oxygen atoms in total. The minimum atomic E-state index is -4.78. The molecular weight excluding hydrogens is 259 g/mol. The Morgan fingerprint density at radius 3 is 2.63 bits per heavy atom. The zero-order valence-corrected chi connectivity index (χ0v) is 10.3. The highest BCUT2D eigenvalue weighted by Gasteiger charge is 2.31. The van der Waals surface area contributed by atoms with Crippen LogP contribution in [0.25, 0.3) is 0 Å². The van der Waals surface area contributed by atoms with Gasteiger partial charge in [0.2, 0.25) is 0 Å². The lowest BCUT2D eigenvalue weighted by molar-refractivity contribution is -0.274. The summed E-state index contributed by atoms with van der Waals surface area (Å²) < 4.78 is 40.0. The molecule has 2 unspecified atom stereocenters. The van der Waals surface area contributed by atoms with Gasteiger partial charge < -0.3 is 9.84 Å². The molecule has 0 heterocycles. The molecule has 1 N–H and O–H groups in total. The quantitative estimate of drug-likeness (QED) is 0.892. The molecule has 0 aliphatic carbocycles. The van der Waals surface area contributed by atoms with E-state index in [0.29, 0.717) is 12.8 Å². The normalized spacial score (nSPS) is 14.5. The van der Waals surface area contributed by atoms with Gasteiger partial charge in [-0.3, -0.25) is 0 Å². The van der Waals surface area contributed by atoms with E-state index in [0.717, 1.165) is 12.1 Å². The molecule has 0 bridgehead atoms. The highest BCUT2D eigenvalue weighted by molar-refractivity contribution is 5.31. The van der Waals surface area contributed by atoms with Gasteiger partial charge in [-0.15, -0.1) is 13.2 Å². The predicted octanol–water partition coefficient (Wildman–Crippen LogP) is 3.56. The van der Waals surface area contributed by atoms with Gasteiger partial charge in [0.25, 0.3) is 0 Å². The van der Waals surface area contributed by atoms with Crippen LogP contribution in [-0.2, 0) is 0 Å². The Morgan fingerprint density at radius 1 is 1.42 bits per heavy atom. The Morgan fingerprint density at radius 2 is 2.11 bits per heavy atom. The van der Waals surface area contributed by atoms with Gasteiger partial charge in [-0.2, -0.15) is 5.26 Å². The van der Waals surface area contributed by atoms with Crippen LogP contribution in [0.4, 0.5) is 13.2 Å². The van der Waals surface area contributed by atoms with E-state index < -0.39 is 24.1 Å². The minimum absolute atomic E-state index is 0.238. The fraction of sp³-hybridized carbons (Fsp3) is 0.462. The van der Waals surface area contributed by atoms with E-state index in [1.165, 1.54) is 12.1 Å². The second-order valence-electron chi connectivity index (χ2n) is 4.09. The van der Waals surface area contributed by atoms with Crippen LogP contribution in [0.15, 0.2) is 24.3 Å². The van der Waals surface area contributed by atoms with Gasteiger partial charge in [-0.25, -0.2) is 0 Å². The van der Waals surface area contributed by atoms with Crippen LogP contribution in [0.2, 0.25) is 0 Å². The summed E-state index contributed by atoms with van der Waals surface area (Å²) in [6, 6.07) is 7.01. The lowest BCUT2D eigenvalue weighted by Crippen LogP contribution is -2.17. The molecule has 0 spiro atoms. The Bertz CT molecular complexity index is 454. The summed E-state index contributed by atoms with van der Waals surface area (Å²) in [6.07, 6.45) is -4.72. The molecule has 0 aliphatic heterocycles. The van der Waals surface area contributed by atoms with Crippen molar-refractivity contribution in [1.82, 2.24) is 0 Å². The van der Waals surface area contributed by atoms with Crippen molar-refractivity contribution in [3.05, 3.63) is 29.8 Å². The van der Waals surface area contributed by atoms with Crippen molar-refractivity contribution in [2.45, 2.75) is 32.2 Å². The van der Waals surface area contributed by atoms with Gasteiger partial charge in [0.15, 0.2) is 0 Å². The number of benzene rings is 1. The van der Waals surface area contributed by atoms with Gasteiger partial charge in [0.1, 0.15) is 5.75 Å². The van der Waals surface area contributed by atoms with Crippen molar-refractivity contribution in [1.29, 1.82) is 5.26 Å². The zero-order valence-electron chi connectivity index (χ0n) is 10.3. The molecule has 104 valence electrons. The molecule has 0 aliphatic rings. The Balaban J connectivity index is 2.89. The highest BCUT2D eigenvalue weighted by atomic mass is 19.4.